The van der Waals surface area contributed by atoms with Gasteiger partial charge in [-0.25, -0.2) is 24.3 Å². The Balaban J connectivity index is 1.50. The van der Waals surface area contributed by atoms with Crippen molar-refractivity contribution in [3.8, 4) is 44.6 Å². The average molecular weight is 578 g/mol. The van der Waals surface area contributed by atoms with Gasteiger partial charge in [0, 0.05) is 56.9 Å². The molecule has 4 aromatic heterocycles. The first-order valence-electron chi connectivity index (χ1n) is 12.8. The lowest BCUT2D eigenvalue weighted by Crippen LogP contribution is -2.11. The van der Waals surface area contributed by atoms with E-state index in [9.17, 15) is 4.79 Å². The number of H-pyrrole nitrogens is 1. The molecule has 0 radical (unpaired) electrons. The number of nitrogens with two attached hydrogens (primary N) is 1. The van der Waals surface area contributed by atoms with Crippen LogP contribution in [-0.4, -0.2) is 30.8 Å². The molecule has 0 unspecified atom stereocenters. The summed E-state index contributed by atoms with van der Waals surface area (Å²) < 4.78 is 22.0. The van der Waals surface area contributed by atoms with Gasteiger partial charge in [0.2, 0.25) is 0 Å². The van der Waals surface area contributed by atoms with Crippen molar-refractivity contribution in [1.82, 2.24) is 24.9 Å². The zero-order valence-electron chi connectivity index (χ0n) is 22.6. The highest BCUT2D eigenvalue weighted by atomic mass is 32.1. The molecule has 11 heteroatoms. The van der Waals surface area contributed by atoms with Gasteiger partial charge in [-0.1, -0.05) is 24.8 Å². The number of aromatic nitrogens is 5. The maximum atomic E-state index is 15.5. The van der Waals surface area contributed by atoms with Crippen molar-refractivity contribution >= 4 is 38.8 Å². The van der Waals surface area contributed by atoms with Crippen LogP contribution in [0.4, 0.5) is 15.9 Å². The highest BCUT2D eigenvalue weighted by Gasteiger charge is 2.23. The van der Waals surface area contributed by atoms with E-state index in [0.717, 1.165) is 20.7 Å². The molecular weight excluding hydrogens is 553 g/mol. The monoisotopic (exact) mass is 577 g/mol. The van der Waals surface area contributed by atoms with E-state index in [1.807, 2.05) is 12.1 Å². The number of aryl methyl sites for hydroxylation is 1. The van der Waals surface area contributed by atoms with Gasteiger partial charge in [-0.05, 0) is 55.3 Å². The second-order valence-electron chi connectivity index (χ2n) is 9.56. The molecule has 0 saturated carbocycles. The molecule has 0 saturated heterocycles. The fourth-order valence-corrected chi connectivity index (χ4v) is 5.80. The minimum absolute atomic E-state index is 0.00801. The Labute approximate surface area is 244 Å². The first kappa shape index (κ1) is 26.8. The number of aromatic amines is 1. The highest BCUT2D eigenvalue weighted by molar-refractivity contribution is 7.23. The number of fused-ring (bicyclic) bond motifs is 1. The lowest BCUT2D eigenvalue weighted by Gasteiger charge is -2.11. The number of anilines is 2. The smallest absolute Gasteiger partial charge is 0.322 e. The molecule has 0 aliphatic heterocycles. The number of carbonyl (C=O) groups excluding carboxylic acids is 1. The normalized spacial score (nSPS) is 11.0. The number of amides is 1. The van der Waals surface area contributed by atoms with Crippen LogP contribution in [0.1, 0.15) is 12.6 Å². The molecule has 2 aromatic carbocycles. The number of hydrogen-bond donors (Lipinski definition) is 3. The summed E-state index contributed by atoms with van der Waals surface area (Å²) in [6.07, 6.45) is 6.62. The van der Waals surface area contributed by atoms with Gasteiger partial charge in [0.15, 0.2) is 11.6 Å². The van der Waals surface area contributed by atoms with Crippen molar-refractivity contribution in [3.63, 3.8) is 0 Å². The van der Waals surface area contributed by atoms with Gasteiger partial charge in [0.1, 0.15) is 5.82 Å². The van der Waals surface area contributed by atoms with Gasteiger partial charge in [-0.2, -0.15) is 0 Å². The van der Waals surface area contributed by atoms with Gasteiger partial charge in [-0.15, -0.1) is 11.3 Å². The van der Waals surface area contributed by atoms with Crippen LogP contribution in [-0.2, 0) is 4.79 Å². The van der Waals surface area contributed by atoms with Crippen LogP contribution in [0, 0.1) is 12.7 Å². The molecule has 0 aliphatic carbocycles. The van der Waals surface area contributed by atoms with Crippen LogP contribution in [0.3, 0.4) is 0 Å². The summed E-state index contributed by atoms with van der Waals surface area (Å²) >= 11 is 1.50. The lowest BCUT2D eigenvalue weighted by molar-refractivity contribution is -0.112. The molecule has 208 valence electrons. The van der Waals surface area contributed by atoms with Crippen molar-refractivity contribution in [1.29, 1.82) is 0 Å². The molecule has 9 nitrogen and oxygen atoms in total. The summed E-state index contributed by atoms with van der Waals surface area (Å²) in [6.45, 7) is 7.13. The number of nitrogens with zero attached hydrogens (tertiary/aromatic N) is 4. The van der Waals surface area contributed by atoms with Gasteiger partial charge >= 0.3 is 6.01 Å². The van der Waals surface area contributed by atoms with E-state index in [4.69, 9.17) is 10.5 Å². The minimum Gasteiger partial charge on any atom is -0.421 e. The molecule has 1 amide bonds. The van der Waals surface area contributed by atoms with Crippen LogP contribution in [0.15, 0.2) is 85.6 Å². The number of ether oxygens (including phenoxy) is 1. The van der Waals surface area contributed by atoms with Crippen molar-refractivity contribution in [3.05, 3.63) is 97.1 Å². The van der Waals surface area contributed by atoms with E-state index in [-0.39, 0.29) is 17.7 Å². The molecule has 0 fully saturated rings. The van der Waals surface area contributed by atoms with Crippen molar-refractivity contribution in [2.24, 2.45) is 0 Å². The van der Waals surface area contributed by atoms with Gasteiger partial charge in [-0.3, -0.25) is 4.79 Å². The number of nitrogen functional groups attached to an aromatic ring is 1. The van der Waals surface area contributed by atoms with Gasteiger partial charge in [0.05, 0.1) is 16.7 Å². The van der Waals surface area contributed by atoms with Crippen LogP contribution in [0.25, 0.3) is 42.9 Å². The molecule has 6 aromatic rings. The summed E-state index contributed by atoms with van der Waals surface area (Å²) in [4.78, 5) is 33.1. The third-order valence-corrected chi connectivity index (χ3v) is 7.78. The number of halogens is 1. The molecule has 0 aliphatic rings. The molecule has 42 heavy (non-hydrogen) atoms. The van der Waals surface area contributed by atoms with E-state index >= 15 is 4.39 Å². The minimum atomic E-state index is -0.587. The number of thiophene rings is 1. The van der Waals surface area contributed by atoms with E-state index in [2.05, 4.69) is 36.8 Å². The topological polar surface area (TPSA) is 132 Å². The predicted molar refractivity (Wildman–Crippen MR) is 163 cm³/mol. The Kier molecular flexibility index (Phi) is 6.93. The summed E-state index contributed by atoms with van der Waals surface area (Å²) in [6, 6.07) is 13.9. The Hall–Kier alpha value is -5.42. The zero-order valence-corrected chi connectivity index (χ0v) is 23.4. The number of pyridine rings is 1. The van der Waals surface area contributed by atoms with Crippen molar-refractivity contribution in [2.75, 3.05) is 11.1 Å². The maximum Gasteiger partial charge on any atom is 0.322 e. The molecule has 0 atom stereocenters. The van der Waals surface area contributed by atoms with Crippen molar-refractivity contribution in [2.45, 2.75) is 13.8 Å². The Morgan fingerprint density at radius 3 is 2.57 bits per heavy atom. The molecule has 6 rings (SSSR count). The van der Waals surface area contributed by atoms with E-state index < -0.39 is 5.82 Å². The Morgan fingerprint density at radius 1 is 1.10 bits per heavy atom. The standard InChI is InChI=1S/C31H24FN7O2S/c1-16(2)30(40)39-20-7-4-18(5-8-20)27-25(26-28(42-27)21(13-36-29(26)33)23-14-34-15-37-23)19-6-9-24(22(32)12-19)41-31-35-11-10-17(3)38-31/h4-15H,1H2,2-3H3,(H2,33,36)(H,34,37)(H,39,40). The number of rotatable bonds is 7. The fourth-order valence-electron chi connectivity index (χ4n) is 4.45. The summed E-state index contributed by atoms with van der Waals surface area (Å²) in [5, 5.41) is 3.50. The van der Waals surface area contributed by atoms with E-state index in [1.54, 1.807) is 69.1 Å². The molecule has 0 spiro atoms. The zero-order chi connectivity index (χ0) is 29.4. The van der Waals surface area contributed by atoms with Crippen LogP contribution >= 0.6 is 11.3 Å². The molecule has 0 bridgehead atoms. The highest BCUT2D eigenvalue weighted by Crippen LogP contribution is 2.49. The Morgan fingerprint density at radius 2 is 1.88 bits per heavy atom. The number of carbonyl (C=O) groups is 1. The lowest BCUT2D eigenvalue weighted by atomic mass is 9.97. The van der Waals surface area contributed by atoms with E-state index in [0.29, 0.717) is 45.0 Å². The second kappa shape index (κ2) is 10.9. The van der Waals surface area contributed by atoms with Crippen molar-refractivity contribution < 1.29 is 13.9 Å². The van der Waals surface area contributed by atoms with Gasteiger partial charge in [0.25, 0.3) is 5.91 Å². The number of nitrogens with one attached hydrogen (secondary N) is 2. The van der Waals surface area contributed by atoms with Crippen LogP contribution in [0.5, 0.6) is 11.8 Å². The Bertz CT molecular complexity index is 1970. The maximum absolute atomic E-state index is 15.5. The SMILES string of the molecule is C=C(C)C(=O)Nc1ccc(-c2sc3c(-c4c[nH]cn4)cnc(N)c3c2-c2ccc(Oc3nccc(C)n3)c(F)c2)cc1. The largest absolute Gasteiger partial charge is 0.421 e. The quantitative estimate of drug-likeness (QED) is 0.172. The second-order valence-corrected chi connectivity index (χ2v) is 10.6. The number of benzene rings is 2. The first-order chi connectivity index (χ1) is 20.3. The number of imidazole rings is 1. The van der Waals surface area contributed by atoms with Crippen LogP contribution in [0.2, 0.25) is 0 Å². The summed E-state index contributed by atoms with van der Waals surface area (Å²) in [7, 11) is 0. The molecule has 4 N–H and O–H groups in total. The molecule has 4 heterocycles. The predicted octanol–water partition coefficient (Wildman–Crippen LogP) is 7.15. The van der Waals surface area contributed by atoms with Gasteiger partial charge < -0.3 is 20.8 Å². The molecular formula is C31H24FN7O2S. The number of hydrogen-bond acceptors (Lipinski definition) is 8. The third-order valence-electron chi connectivity index (χ3n) is 6.50. The van der Waals surface area contributed by atoms with E-state index in [1.165, 1.54) is 17.4 Å². The average Bonchev–Trinajstić information content (AvgIpc) is 3.64. The first-order valence-corrected chi connectivity index (χ1v) is 13.6. The third kappa shape index (κ3) is 5.08. The van der Waals surface area contributed by atoms with Crippen LogP contribution < -0.4 is 15.8 Å². The summed E-state index contributed by atoms with van der Waals surface area (Å²) in [5.41, 5.74) is 11.9. The fraction of sp³-hybridized carbons (Fsp3) is 0.0645. The summed E-state index contributed by atoms with van der Waals surface area (Å²) in [5.74, 6) is -0.551.